The Morgan fingerprint density at radius 1 is 1.17 bits per heavy atom. The van der Waals surface area contributed by atoms with Crippen LogP contribution >= 0.6 is 23.2 Å². The molecule has 124 valence electrons. The van der Waals surface area contributed by atoms with E-state index in [9.17, 15) is 4.79 Å². The van der Waals surface area contributed by atoms with Gasteiger partial charge in [0.15, 0.2) is 0 Å². The summed E-state index contributed by atoms with van der Waals surface area (Å²) in [5.41, 5.74) is 2.24. The number of halogens is 2. The molecule has 1 N–H and O–H groups in total. The number of benzene rings is 2. The molecule has 0 aliphatic carbocycles. The lowest BCUT2D eigenvalue weighted by Gasteiger charge is -2.16. The Morgan fingerprint density at radius 2 is 1.88 bits per heavy atom. The van der Waals surface area contributed by atoms with E-state index < -0.39 is 5.92 Å². The van der Waals surface area contributed by atoms with Crippen LogP contribution in [0.4, 0.5) is 0 Å². The van der Waals surface area contributed by atoms with E-state index >= 15 is 0 Å². The maximum absolute atomic E-state index is 12.6. The minimum absolute atomic E-state index is 0.145. The summed E-state index contributed by atoms with van der Waals surface area (Å²) in [5.74, 6) is -0.647. The number of nitrogens with zero attached hydrogens (tertiary/aromatic N) is 1. The van der Waals surface area contributed by atoms with Gasteiger partial charge in [-0.05, 0) is 30.7 Å². The van der Waals surface area contributed by atoms with Gasteiger partial charge in [-0.15, -0.1) is 0 Å². The Balaban J connectivity index is 1.74. The number of hydrogen-bond acceptors (Lipinski definition) is 3. The molecule has 0 saturated carbocycles. The van der Waals surface area contributed by atoms with E-state index in [2.05, 4.69) is 10.5 Å². The van der Waals surface area contributed by atoms with Crippen LogP contribution < -0.4 is 5.32 Å². The number of nitrogens with one attached hydrogen (secondary N) is 1. The second-order valence-corrected chi connectivity index (χ2v) is 6.43. The van der Waals surface area contributed by atoms with Crippen molar-refractivity contribution >= 4 is 34.8 Å². The Bertz CT molecular complexity index is 775. The van der Waals surface area contributed by atoms with Gasteiger partial charge >= 0.3 is 0 Å². The zero-order valence-electron chi connectivity index (χ0n) is 13.0. The highest BCUT2D eigenvalue weighted by Crippen LogP contribution is 2.27. The highest BCUT2D eigenvalue weighted by atomic mass is 35.5. The fraction of sp³-hybridized carbons (Fsp3) is 0.222. The van der Waals surface area contributed by atoms with Gasteiger partial charge in [-0.25, -0.2) is 0 Å². The average Bonchev–Trinajstić information content (AvgIpc) is 2.96. The third kappa shape index (κ3) is 3.55. The first-order valence-corrected chi connectivity index (χ1v) is 8.32. The number of amides is 1. The van der Waals surface area contributed by atoms with E-state index in [0.717, 1.165) is 11.1 Å². The highest BCUT2D eigenvalue weighted by Gasteiger charge is 2.38. The van der Waals surface area contributed by atoms with Gasteiger partial charge in [-0.1, -0.05) is 58.7 Å². The van der Waals surface area contributed by atoms with Gasteiger partial charge in [0.2, 0.25) is 5.91 Å². The van der Waals surface area contributed by atoms with E-state index in [1.54, 1.807) is 18.2 Å². The quantitative estimate of drug-likeness (QED) is 0.891. The minimum atomic E-state index is -0.503. The Kier molecular flexibility index (Phi) is 5.07. The summed E-state index contributed by atoms with van der Waals surface area (Å²) in [4.78, 5) is 18.0. The molecule has 24 heavy (non-hydrogen) atoms. The lowest BCUT2D eigenvalue weighted by atomic mass is 9.92. The smallest absolute Gasteiger partial charge is 0.233 e. The van der Waals surface area contributed by atoms with Gasteiger partial charge in [-0.2, -0.15) is 0 Å². The minimum Gasteiger partial charge on any atom is -0.391 e. The van der Waals surface area contributed by atoms with Crippen molar-refractivity contribution in [3.63, 3.8) is 0 Å². The molecular weight excluding hydrogens is 347 g/mol. The molecule has 1 heterocycles. The number of carbonyl (C=O) groups is 1. The van der Waals surface area contributed by atoms with Crippen LogP contribution in [0.15, 0.2) is 53.7 Å². The highest BCUT2D eigenvalue weighted by molar-refractivity contribution is 6.35. The van der Waals surface area contributed by atoms with E-state index in [0.29, 0.717) is 22.3 Å². The molecule has 0 aromatic heterocycles. The van der Waals surface area contributed by atoms with Crippen LogP contribution in [0.3, 0.4) is 0 Å². The van der Waals surface area contributed by atoms with Crippen molar-refractivity contribution in [2.45, 2.75) is 19.6 Å². The van der Waals surface area contributed by atoms with Crippen LogP contribution in [-0.4, -0.2) is 17.7 Å². The number of hydrogen-bond donors (Lipinski definition) is 1. The monoisotopic (exact) mass is 362 g/mol. The first-order chi connectivity index (χ1) is 11.6. The van der Waals surface area contributed by atoms with Gasteiger partial charge in [0, 0.05) is 22.2 Å². The maximum Gasteiger partial charge on any atom is 0.233 e. The normalized spacial score (nSPS) is 19.5. The first kappa shape index (κ1) is 16.8. The van der Waals surface area contributed by atoms with Gasteiger partial charge < -0.3 is 10.2 Å². The predicted molar refractivity (Wildman–Crippen MR) is 95.3 cm³/mol. The summed E-state index contributed by atoms with van der Waals surface area (Å²) in [6.07, 6.45) is -0.346. The van der Waals surface area contributed by atoms with Crippen molar-refractivity contribution in [1.29, 1.82) is 0 Å². The van der Waals surface area contributed by atoms with E-state index in [1.807, 2.05) is 37.3 Å². The van der Waals surface area contributed by atoms with E-state index in [-0.39, 0.29) is 12.0 Å². The Hall–Kier alpha value is -2.04. The molecule has 1 amide bonds. The lowest BCUT2D eigenvalue weighted by molar-refractivity contribution is -0.125. The van der Waals surface area contributed by atoms with Crippen molar-refractivity contribution < 1.29 is 9.63 Å². The second kappa shape index (κ2) is 7.24. The van der Waals surface area contributed by atoms with E-state index in [4.69, 9.17) is 28.0 Å². The van der Waals surface area contributed by atoms with Gasteiger partial charge in [0.25, 0.3) is 0 Å². The summed E-state index contributed by atoms with van der Waals surface area (Å²) in [6.45, 7) is 2.23. The molecular formula is C18H16Cl2N2O2. The van der Waals surface area contributed by atoms with Crippen LogP contribution in [0.1, 0.15) is 18.1 Å². The lowest BCUT2D eigenvalue weighted by Crippen LogP contribution is -2.39. The number of oxime groups is 1. The summed E-state index contributed by atoms with van der Waals surface area (Å²) in [5, 5.41) is 8.20. The second-order valence-electron chi connectivity index (χ2n) is 5.59. The molecule has 0 bridgehead atoms. The maximum atomic E-state index is 12.6. The van der Waals surface area contributed by atoms with Crippen molar-refractivity contribution in [3.05, 3.63) is 69.7 Å². The van der Waals surface area contributed by atoms with Crippen molar-refractivity contribution in [3.8, 4) is 0 Å². The zero-order valence-corrected chi connectivity index (χ0v) is 14.5. The first-order valence-electron chi connectivity index (χ1n) is 7.57. The molecule has 0 unspecified atom stereocenters. The molecule has 1 aliphatic heterocycles. The molecule has 2 aromatic carbocycles. The summed E-state index contributed by atoms with van der Waals surface area (Å²) < 4.78 is 0. The van der Waals surface area contributed by atoms with Gasteiger partial charge in [0.1, 0.15) is 17.7 Å². The largest absolute Gasteiger partial charge is 0.391 e. The van der Waals surface area contributed by atoms with Crippen molar-refractivity contribution in [1.82, 2.24) is 5.32 Å². The van der Waals surface area contributed by atoms with Crippen LogP contribution in [0.5, 0.6) is 0 Å². The molecule has 0 radical (unpaired) electrons. The summed E-state index contributed by atoms with van der Waals surface area (Å²) in [7, 11) is 0. The van der Waals surface area contributed by atoms with Crippen LogP contribution in [0, 0.1) is 5.92 Å². The molecule has 0 spiro atoms. The van der Waals surface area contributed by atoms with Gasteiger partial charge in [-0.3, -0.25) is 4.79 Å². The number of rotatable bonds is 4. The Labute approximate surface area is 150 Å². The van der Waals surface area contributed by atoms with Crippen LogP contribution in [0.2, 0.25) is 10.0 Å². The standard InChI is InChI=1S/C18H16Cl2N2O2/c1-11-16(17(22-24-11)14-4-2-3-5-15(14)20)18(23)21-10-12-6-8-13(19)9-7-12/h2-9,11,16H,10H2,1H3,(H,21,23)/t11-,16+/m0/s1. The molecule has 0 fully saturated rings. The number of carbonyl (C=O) groups excluding carboxylic acids is 1. The molecule has 2 atom stereocenters. The van der Waals surface area contributed by atoms with Gasteiger partial charge in [0.05, 0.1) is 0 Å². The zero-order chi connectivity index (χ0) is 17.1. The topological polar surface area (TPSA) is 50.7 Å². The molecule has 4 nitrogen and oxygen atoms in total. The fourth-order valence-electron chi connectivity index (χ4n) is 2.60. The fourth-order valence-corrected chi connectivity index (χ4v) is 2.96. The average molecular weight is 363 g/mol. The van der Waals surface area contributed by atoms with Crippen molar-refractivity contribution in [2.75, 3.05) is 0 Å². The Morgan fingerprint density at radius 3 is 2.58 bits per heavy atom. The molecule has 6 heteroatoms. The summed E-state index contributed by atoms with van der Waals surface area (Å²) >= 11 is 12.1. The van der Waals surface area contributed by atoms with Crippen molar-refractivity contribution in [2.24, 2.45) is 11.1 Å². The third-order valence-corrected chi connectivity index (χ3v) is 4.48. The SMILES string of the molecule is C[C@@H]1ON=C(c2ccccc2Cl)[C@@H]1C(=O)NCc1ccc(Cl)cc1. The predicted octanol–water partition coefficient (Wildman–Crippen LogP) is 4.05. The molecule has 1 aliphatic rings. The molecule has 2 aromatic rings. The third-order valence-electron chi connectivity index (χ3n) is 3.89. The molecule has 0 saturated heterocycles. The van der Waals surface area contributed by atoms with Crippen LogP contribution in [-0.2, 0) is 16.2 Å². The van der Waals surface area contributed by atoms with Crippen LogP contribution in [0.25, 0.3) is 0 Å². The van der Waals surface area contributed by atoms with E-state index in [1.165, 1.54) is 0 Å². The molecule has 3 rings (SSSR count). The summed E-state index contributed by atoms with van der Waals surface area (Å²) in [6, 6.07) is 14.6.